The van der Waals surface area contributed by atoms with Crippen LogP contribution in [0.1, 0.15) is 16.6 Å². The second-order valence-corrected chi connectivity index (χ2v) is 1.70. The highest BCUT2D eigenvalue weighted by atomic mass is 19.1. The third-order valence-electron chi connectivity index (χ3n) is 0.908. The molecule has 0 aliphatic rings. The van der Waals surface area contributed by atoms with Crippen molar-refractivity contribution in [1.82, 2.24) is 0 Å². The van der Waals surface area contributed by atoms with Crippen molar-refractivity contribution in [3.05, 3.63) is 12.7 Å². The van der Waals surface area contributed by atoms with Crippen LogP contribution in [0.15, 0.2) is 17.6 Å². The van der Waals surface area contributed by atoms with Gasteiger partial charge in [0.1, 0.15) is 6.17 Å². The predicted octanol–water partition coefficient (Wildman–Crippen LogP) is 1.99. The lowest BCUT2D eigenvalue weighted by molar-refractivity contribution is 0.452. The van der Waals surface area contributed by atoms with Crippen LogP contribution in [0.2, 0.25) is 0 Å². The summed E-state index contributed by atoms with van der Waals surface area (Å²) in [6, 6.07) is 0. The minimum absolute atomic E-state index is 0.148. The number of halogens is 1. The molecule has 0 bridgehead atoms. The molecule has 1 atom stereocenters. The summed E-state index contributed by atoms with van der Waals surface area (Å²) in [5, 5.41) is 0. The van der Waals surface area contributed by atoms with E-state index in [2.05, 4.69) is 11.6 Å². The molecule has 0 N–H and O–H groups in total. The van der Waals surface area contributed by atoms with Gasteiger partial charge in [-0.05, 0) is 13.8 Å². The molecule has 9 heavy (non-hydrogen) atoms. The zero-order valence-corrected chi connectivity index (χ0v) is 5.69. The normalized spacial score (nSPS) is 20.1. The van der Waals surface area contributed by atoms with E-state index in [0.29, 0.717) is 0 Å². The van der Waals surface area contributed by atoms with Gasteiger partial charge in [-0.2, -0.15) is 0 Å². The summed E-state index contributed by atoms with van der Waals surface area (Å²) < 4.78 is 26.6. The van der Waals surface area contributed by atoms with E-state index in [4.69, 9.17) is 2.74 Å². The minimum atomic E-state index is -1.84. The first-order chi connectivity index (χ1) is 4.89. The molecule has 0 aliphatic heterocycles. The number of aliphatic imine (C=N–C) groups is 1. The lowest BCUT2D eigenvalue weighted by Gasteiger charge is -1.97. The fourth-order valence-electron chi connectivity index (χ4n) is 0.236. The molecule has 0 amide bonds. The minimum Gasteiger partial charge on any atom is -0.287 e. The molecule has 0 radical (unpaired) electrons. The molecule has 0 aromatic carbocycles. The van der Waals surface area contributed by atoms with Gasteiger partial charge in [-0.25, -0.2) is 4.39 Å². The number of nitrogens with zero attached hydrogens (tertiary/aromatic N) is 1. The van der Waals surface area contributed by atoms with Crippen molar-refractivity contribution in [2.75, 3.05) is 6.50 Å². The SMILES string of the molecule is [2H]C([2H])(C=C)N=C(C)C(C)F. The Morgan fingerprint density at radius 3 is 3.00 bits per heavy atom. The van der Waals surface area contributed by atoms with Crippen molar-refractivity contribution >= 4 is 5.71 Å². The summed E-state index contributed by atoms with van der Waals surface area (Å²) in [7, 11) is 0. The van der Waals surface area contributed by atoms with Crippen LogP contribution < -0.4 is 0 Å². The Morgan fingerprint density at radius 2 is 2.67 bits per heavy atom. The van der Waals surface area contributed by atoms with Crippen LogP contribution in [0.5, 0.6) is 0 Å². The molecule has 0 rings (SSSR count). The van der Waals surface area contributed by atoms with Crippen LogP contribution in [0.4, 0.5) is 4.39 Å². The van der Waals surface area contributed by atoms with Gasteiger partial charge in [0.25, 0.3) is 0 Å². The van der Waals surface area contributed by atoms with Crippen molar-refractivity contribution in [1.29, 1.82) is 0 Å². The van der Waals surface area contributed by atoms with E-state index >= 15 is 0 Å². The molecule has 0 fully saturated rings. The highest BCUT2D eigenvalue weighted by Gasteiger charge is 1.98. The molecular formula is C7H12FN. The third-order valence-corrected chi connectivity index (χ3v) is 0.908. The Hall–Kier alpha value is -0.660. The Balaban J connectivity index is 4.41. The second-order valence-electron chi connectivity index (χ2n) is 1.70. The number of hydrogen-bond donors (Lipinski definition) is 0. The monoisotopic (exact) mass is 131 g/mol. The maximum atomic E-state index is 12.4. The van der Waals surface area contributed by atoms with Crippen LogP contribution in [-0.2, 0) is 0 Å². The molecule has 0 saturated heterocycles. The van der Waals surface area contributed by atoms with Crippen molar-refractivity contribution in [2.45, 2.75) is 20.0 Å². The standard InChI is InChI=1S/C7H12FN/c1-4-5-9-7(3)6(2)8/h4,6H,1,5H2,2-3H3/i5D2. The summed E-state index contributed by atoms with van der Waals surface area (Å²) in [6.45, 7) is 4.17. The van der Waals surface area contributed by atoms with Crippen molar-refractivity contribution < 1.29 is 7.13 Å². The van der Waals surface area contributed by atoms with Gasteiger partial charge in [0.05, 0.1) is 9.24 Å². The van der Waals surface area contributed by atoms with Gasteiger partial charge >= 0.3 is 0 Å². The maximum absolute atomic E-state index is 12.4. The van der Waals surface area contributed by atoms with Crippen LogP contribution in [0.25, 0.3) is 0 Å². The van der Waals surface area contributed by atoms with E-state index in [1.807, 2.05) is 0 Å². The molecule has 0 aromatic heterocycles. The highest BCUT2D eigenvalue weighted by Crippen LogP contribution is 1.92. The molecule has 0 heterocycles. The lowest BCUT2D eigenvalue weighted by atomic mass is 10.3. The molecule has 0 aliphatic carbocycles. The number of hydrogen-bond acceptors (Lipinski definition) is 1. The zero-order chi connectivity index (χ0) is 9.07. The molecule has 0 spiro atoms. The zero-order valence-electron chi connectivity index (χ0n) is 7.69. The highest BCUT2D eigenvalue weighted by molar-refractivity contribution is 5.85. The Morgan fingerprint density at radius 1 is 2.11 bits per heavy atom. The van der Waals surface area contributed by atoms with E-state index in [-0.39, 0.29) is 5.71 Å². The van der Waals surface area contributed by atoms with Gasteiger partial charge in [0, 0.05) is 5.71 Å². The van der Waals surface area contributed by atoms with Crippen molar-refractivity contribution in [3.63, 3.8) is 0 Å². The average molecular weight is 131 g/mol. The fourth-order valence-corrected chi connectivity index (χ4v) is 0.236. The smallest absolute Gasteiger partial charge is 0.135 e. The Labute approximate surface area is 58.1 Å². The first-order valence-electron chi connectivity index (χ1n) is 3.73. The summed E-state index contributed by atoms with van der Waals surface area (Å²) in [5.74, 6) is 0. The predicted molar refractivity (Wildman–Crippen MR) is 38.7 cm³/mol. The average Bonchev–Trinajstić information content (AvgIpc) is 1.87. The lowest BCUT2D eigenvalue weighted by Crippen LogP contribution is -2.06. The maximum Gasteiger partial charge on any atom is 0.135 e. The van der Waals surface area contributed by atoms with E-state index in [1.54, 1.807) is 0 Å². The van der Waals surface area contributed by atoms with E-state index < -0.39 is 12.7 Å². The van der Waals surface area contributed by atoms with Gasteiger partial charge in [0.15, 0.2) is 0 Å². The van der Waals surface area contributed by atoms with Gasteiger partial charge in [-0.3, -0.25) is 4.99 Å². The van der Waals surface area contributed by atoms with E-state index in [0.717, 1.165) is 6.08 Å². The van der Waals surface area contributed by atoms with Crippen LogP contribution >= 0.6 is 0 Å². The molecule has 1 unspecified atom stereocenters. The quantitative estimate of drug-likeness (QED) is 0.410. The molecule has 2 heteroatoms. The summed E-state index contributed by atoms with van der Waals surface area (Å²) in [6.07, 6.45) is -0.163. The topological polar surface area (TPSA) is 12.4 Å². The molecule has 52 valence electrons. The third kappa shape index (κ3) is 3.88. The van der Waals surface area contributed by atoms with Gasteiger partial charge in [0.2, 0.25) is 0 Å². The number of alkyl halides is 1. The van der Waals surface area contributed by atoms with Gasteiger partial charge in [-0.1, -0.05) is 6.08 Å². The molecular weight excluding hydrogens is 117 g/mol. The van der Waals surface area contributed by atoms with Crippen molar-refractivity contribution in [3.8, 4) is 0 Å². The van der Waals surface area contributed by atoms with Crippen molar-refractivity contribution in [2.24, 2.45) is 4.99 Å². The Bertz CT molecular complexity index is 175. The van der Waals surface area contributed by atoms with Gasteiger partial charge in [-0.15, -0.1) is 6.58 Å². The first-order valence-corrected chi connectivity index (χ1v) is 2.73. The molecule has 0 aromatic rings. The van der Waals surface area contributed by atoms with Crippen LogP contribution in [-0.4, -0.2) is 18.4 Å². The molecule has 1 nitrogen and oxygen atoms in total. The molecule has 0 saturated carbocycles. The largest absolute Gasteiger partial charge is 0.287 e. The summed E-state index contributed by atoms with van der Waals surface area (Å²) >= 11 is 0. The second kappa shape index (κ2) is 4.24. The summed E-state index contributed by atoms with van der Waals surface area (Å²) in [5.41, 5.74) is 0.148. The van der Waals surface area contributed by atoms with Crippen LogP contribution in [0, 0.1) is 0 Å². The first kappa shape index (κ1) is 5.15. The Kier molecular flexibility index (Phi) is 2.43. The summed E-state index contributed by atoms with van der Waals surface area (Å²) in [4.78, 5) is 3.48. The number of rotatable bonds is 3. The van der Waals surface area contributed by atoms with E-state index in [9.17, 15) is 4.39 Å². The van der Waals surface area contributed by atoms with E-state index in [1.165, 1.54) is 13.8 Å². The van der Waals surface area contributed by atoms with Crippen LogP contribution in [0.3, 0.4) is 0 Å². The van der Waals surface area contributed by atoms with Gasteiger partial charge < -0.3 is 0 Å². The fraction of sp³-hybridized carbons (Fsp3) is 0.571.